The minimum Gasteiger partial charge on any atom is -0.493 e. The van der Waals surface area contributed by atoms with Crippen molar-refractivity contribution in [2.75, 3.05) is 25.8 Å². The van der Waals surface area contributed by atoms with Crippen molar-refractivity contribution in [3.63, 3.8) is 0 Å². The van der Waals surface area contributed by atoms with Crippen molar-refractivity contribution in [1.29, 1.82) is 0 Å². The number of para-hydroxylation sites is 1. The molecule has 182 valence electrons. The number of halogens is 1. The zero-order valence-electron chi connectivity index (χ0n) is 19.9. The molecule has 1 N–H and O–H groups in total. The zero-order valence-corrected chi connectivity index (χ0v) is 20.7. The third-order valence-electron chi connectivity index (χ3n) is 6.45. The van der Waals surface area contributed by atoms with Gasteiger partial charge in [-0.25, -0.2) is 9.07 Å². The first-order valence-electron chi connectivity index (χ1n) is 11.4. The monoisotopic (exact) mass is 502 g/mol. The molecular formula is C27H23FN4O3S. The van der Waals surface area contributed by atoms with Crippen LogP contribution in [-0.2, 0) is 0 Å². The van der Waals surface area contributed by atoms with Crippen molar-refractivity contribution < 1.29 is 18.6 Å². The van der Waals surface area contributed by atoms with Crippen LogP contribution in [0.15, 0.2) is 77.5 Å². The normalized spacial score (nSPS) is 17.9. The summed E-state index contributed by atoms with van der Waals surface area (Å²) in [6.45, 7) is 0. The summed E-state index contributed by atoms with van der Waals surface area (Å²) in [5.41, 5.74) is 3.87. The first-order chi connectivity index (χ1) is 17.6. The van der Waals surface area contributed by atoms with Crippen LogP contribution in [0.5, 0.6) is 17.2 Å². The van der Waals surface area contributed by atoms with E-state index in [-0.39, 0.29) is 5.82 Å². The predicted molar refractivity (Wildman–Crippen MR) is 136 cm³/mol. The summed E-state index contributed by atoms with van der Waals surface area (Å²) < 4.78 is 34.8. The topological polar surface area (TPSA) is 70.4 Å². The van der Waals surface area contributed by atoms with Crippen LogP contribution in [0.1, 0.15) is 28.8 Å². The van der Waals surface area contributed by atoms with E-state index in [0.29, 0.717) is 33.9 Å². The molecule has 6 rings (SSSR count). The van der Waals surface area contributed by atoms with E-state index in [1.54, 1.807) is 31.0 Å². The molecule has 36 heavy (non-hydrogen) atoms. The number of thioether (sulfide) groups is 1. The minimum absolute atomic E-state index is 0.326. The molecule has 0 aliphatic carbocycles. The Labute approximate surface area is 211 Å². The summed E-state index contributed by atoms with van der Waals surface area (Å²) in [4.78, 5) is 4.66. The number of nitrogens with one attached hydrogen (secondary N) is 1. The number of ether oxygens (including phenoxy) is 3. The highest BCUT2D eigenvalue weighted by Gasteiger charge is 2.42. The van der Waals surface area contributed by atoms with Gasteiger partial charge in [-0.15, -0.1) is 5.10 Å². The Bertz CT molecular complexity index is 1500. The smallest absolute Gasteiger partial charge is 0.227 e. The van der Waals surface area contributed by atoms with Crippen LogP contribution in [0.3, 0.4) is 0 Å². The van der Waals surface area contributed by atoms with Crippen molar-refractivity contribution in [3.05, 3.63) is 94.8 Å². The Kier molecular flexibility index (Phi) is 5.56. The quantitative estimate of drug-likeness (QED) is 0.350. The summed E-state index contributed by atoms with van der Waals surface area (Å²) in [6, 6.07) is 19.7. The van der Waals surface area contributed by atoms with Gasteiger partial charge < -0.3 is 19.5 Å². The van der Waals surface area contributed by atoms with Gasteiger partial charge in [-0.2, -0.15) is 4.98 Å². The van der Waals surface area contributed by atoms with Crippen molar-refractivity contribution in [3.8, 4) is 17.2 Å². The number of rotatable bonds is 5. The molecule has 7 nitrogen and oxygen atoms in total. The Balaban J connectivity index is 1.63. The number of hydrogen-bond donors (Lipinski definition) is 1. The van der Waals surface area contributed by atoms with Crippen LogP contribution in [0.4, 0.5) is 10.3 Å². The van der Waals surface area contributed by atoms with E-state index >= 15 is 4.39 Å². The number of methoxy groups -OCH3 is 2. The largest absolute Gasteiger partial charge is 0.493 e. The van der Waals surface area contributed by atoms with Gasteiger partial charge >= 0.3 is 0 Å². The van der Waals surface area contributed by atoms with E-state index in [1.807, 2.05) is 54.8 Å². The Morgan fingerprint density at radius 1 is 1.00 bits per heavy atom. The van der Waals surface area contributed by atoms with Crippen LogP contribution in [0.2, 0.25) is 0 Å². The number of fused-ring (bicyclic) bond motifs is 3. The van der Waals surface area contributed by atoms with E-state index in [0.717, 1.165) is 22.4 Å². The maximum Gasteiger partial charge on any atom is 0.227 e. The van der Waals surface area contributed by atoms with Crippen LogP contribution in [0.25, 0.3) is 5.70 Å². The molecule has 0 fully saturated rings. The maximum absolute atomic E-state index is 15.4. The number of aromatic nitrogens is 3. The molecule has 4 aromatic rings. The van der Waals surface area contributed by atoms with Crippen molar-refractivity contribution >= 4 is 23.4 Å². The van der Waals surface area contributed by atoms with Crippen molar-refractivity contribution in [2.24, 2.45) is 0 Å². The first kappa shape index (κ1) is 22.5. The lowest BCUT2D eigenvalue weighted by molar-refractivity contribution is 0.221. The van der Waals surface area contributed by atoms with Crippen LogP contribution >= 0.6 is 11.8 Å². The van der Waals surface area contributed by atoms with E-state index in [4.69, 9.17) is 19.3 Å². The van der Waals surface area contributed by atoms with E-state index in [2.05, 4.69) is 10.3 Å². The van der Waals surface area contributed by atoms with E-state index in [1.165, 1.54) is 17.8 Å². The Hall–Kier alpha value is -3.98. The van der Waals surface area contributed by atoms with Crippen molar-refractivity contribution in [1.82, 2.24) is 14.8 Å². The molecule has 1 aromatic heterocycles. The lowest BCUT2D eigenvalue weighted by Gasteiger charge is -2.39. The second kappa shape index (κ2) is 8.91. The van der Waals surface area contributed by atoms with E-state index in [9.17, 15) is 0 Å². The Morgan fingerprint density at radius 2 is 1.78 bits per heavy atom. The molecule has 0 bridgehead atoms. The molecule has 2 aliphatic heterocycles. The number of hydrogen-bond acceptors (Lipinski definition) is 7. The fraction of sp³-hybridized carbons (Fsp3) is 0.185. The lowest BCUT2D eigenvalue weighted by atomic mass is 9.84. The van der Waals surface area contributed by atoms with Crippen LogP contribution < -0.4 is 19.5 Å². The van der Waals surface area contributed by atoms with Gasteiger partial charge in [0.2, 0.25) is 11.1 Å². The van der Waals surface area contributed by atoms with Gasteiger partial charge in [-0.3, -0.25) is 0 Å². The highest BCUT2D eigenvalue weighted by molar-refractivity contribution is 7.98. The fourth-order valence-corrected chi connectivity index (χ4v) is 5.18. The average Bonchev–Trinajstić information content (AvgIpc) is 3.34. The van der Waals surface area contributed by atoms with Gasteiger partial charge in [0.1, 0.15) is 23.7 Å². The zero-order chi connectivity index (χ0) is 24.8. The predicted octanol–water partition coefficient (Wildman–Crippen LogP) is 5.72. The third-order valence-corrected chi connectivity index (χ3v) is 6.99. The van der Waals surface area contributed by atoms with Gasteiger partial charge in [0, 0.05) is 22.3 Å². The molecule has 3 aromatic carbocycles. The number of anilines is 1. The molecule has 0 saturated heterocycles. The van der Waals surface area contributed by atoms with Crippen molar-refractivity contribution in [2.45, 2.75) is 17.3 Å². The van der Waals surface area contributed by atoms with Gasteiger partial charge in [0.25, 0.3) is 0 Å². The molecule has 0 radical (unpaired) electrons. The summed E-state index contributed by atoms with van der Waals surface area (Å²) in [5.74, 6) is 2.13. The fourth-order valence-electron chi connectivity index (χ4n) is 4.83. The molecular weight excluding hydrogens is 479 g/mol. The van der Waals surface area contributed by atoms with Crippen LogP contribution in [0, 0.1) is 5.82 Å². The highest BCUT2D eigenvalue weighted by atomic mass is 32.2. The average molecular weight is 503 g/mol. The second-order valence-corrected chi connectivity index (χ2v) is 9.13. The molecule has 0 amide bonds. The SMILES string of the molecule is COc1ccc(C2Oc3ccccc3C3=C2C(c2ccccc2F)n2nc(SC)nc2N3)cc1OC. The second-order valence-electron chi connectivity index (χ2n) is 8.35. The molecule has 0 saturated carbocycles. The number of benzene rings is 3. The summed E-state index contributed by atoms with van der Waals surface area (Å²) in [5, 5.41) is 8.78. The maximum atomic E-state index is 15.4. The van der Waals surface area contributed by atoms with E-state index < -0.39 is 12.1 Å². The molecule has 2 atom stereocenters. The molecule has 2 aliphatic rings. The van der Waals surface area contributed by atoms with Gasteiger partial charge in [0.15, 0.2) is 11.5 Å². The molecule has 2 unspecified atom stereocenters. The standard InChI is InChI=1S/C27H23FN4O3S/c1-33-20-13-12-15(14-21(20)34-2)25-22-23(17-9-5-7-11-19(17)35-25)29-26-30-27(36-3)31-32(26)24(22)16-8-4-6-10-18(16)28/h4-14,24-25H,1-3H3,(H,29,30,31). The highest BCUT2D eigenvalue weighted by Crippen LogP contribution is 2.51. The summed E-state index contributed by atoms with van der Waals surface area (Å²) in [6.07, 6.45) is 1.36. The summed E-state index contributed by atoms with van der Waals surface area (Å²) >= 11 is 1.43. The molecule has 0 spiro atoms. The van der Waals surface area contributed by atoms with Gasteiger partial charge in [-0.05, 0) is 36.6 Å². The van der Waals surface area contributed by atoms with Gasteiger partial charge in [-0.1, -0.05) is 48.2 Å². The minimum atomic E-state index is -0.586. The molecule has 3 heterocycles. The van der Waals surface area contributed by atoms with Crippen LogP contribution in [-0.4, -0.2) is 35.2 Å². The third kappa shape index (κ3) is 3.50. The Morgan fingerprint density at radius 3 is 2.56 bits per heavy atom. The number of nitrogens with zero attached hydrogens (tertiary/aromatic N) is 3. The van der Waals surface area contributed by atoms with Gasteiger partial charge in [0.05, 0.1) is 19.9 Å². The summed E-state index contributed by atoms with van der Waals surface area (Å²) in [7, 11) is 3.19. The first-order valence-corrected chi connectivity index (χ1v) is 12.6. The lowest BCUT2D eigenvalue weighted by Crippen LogP contribution is -2.32. The molecule has 9 heteroatoms.